The van der Waals surface area contributed by atoms with Crippen LogP contribution in [0.15, 0.2) is 53.5 Å². The van der Waals surface area contributed by atoms with Crippen molar-refractivity contribution in [2.75, 3.05) is 13.6 Å². The summed E-state index contributed by atoms with van der Waals surface area (Å²) in [5, 5.41) is 4.32. The Morgan fingerprint density at radius 1 is 1.28 bits per heavy atom. The van der Waals surface area contributed by atoms with Crippen molar-refractivity contribution in [2.24, 2.45) is 16.6 Å². The van der Waals surface area contributed by atoms with Crippen LogP contribution < -0.4 is 11.1 Å². The summed E-state index contributed by atoms with van der Waals surface area (Å²) in [5.74, 6) is 0.531. The van der Waals surface area contributed by atoms with Crippen molar-refractivity contribution in [3.05, 3.63) is 69.7 Å². The zero-order valence-corrected chi connectivity index (χ0v) is 20.2. The van der Waals surface area contributed by atoms with Gasteiger partial charge in [0.05, 0.1) is 12.1 Å². The molecule has 0 aliphatic carbocycles. The van der Waals surface area contributed by atoms with E-state index in [4.69, 9.17) is 28.9 Å². The second kappa shape index (κ2) is 10.5. The molecule has 0 aromatic heterocycles. The molecule has 1 fully saturated rings. The molecule has 1 amide bonds. The van der Waals surface area contributed by atoms with Gasteiger partial charge in [0.1, 0.15) is 0 Å². The number of halogens is 3. The average molecular weight is 547 g/mol. The van der Waals surface area contributed by atoms with Crippen LogP contribution in [0.3, 0.4) is 0 Å². The fourth-order valence-electron chi connectivity index (χ4n) is 3.68. The Bertz CT molecular complexity index is 878. The van der Waals surface area contributed by atoms with Crippen molar-refractivity contribution in [3.63, 3.8) is 0 Å². The Hall–Kier alpha value is -1.51. The molecule has 0 saturated carbocycles. The number of hydrogen-bond acceptors (Lipinski definition) is 2. The number of carbonyl (C=O) groups is 1. The third-order valence-electron chi connectivity index (χ3n) is 5.12. The maximum absolute atomic E-state index is 12.2. The summed E-state index contributed by atoms with van der Waals surface area (Å²) in [5.41, 5.74) is 8.10. The Balaban J connectivity index is 0.00000300. The Kier molecular flexibility index (Phi) is 8.60. The van der Waals surface area contributed by atoms with Crippen LogP contribution >= 0.6 is 47.2 Å². The number of nitrogens with zero attached hydrogens (tertiary/aromatic N) is 2. The number of carbonyl (C=O) groups excluding carboxylic acids is 1. The summed E-state index contributed by atoms with van der Waals surface area (Å²) < 4.78 is 0. The van der Waals surface area contributed by atoms with Gasteiger partial charge in [0.2, 0.25) is 5.91 Å². The van der Waals surface area contributed by atoms with Crippen LogP contribution in [0.2, 0.25) is 10.0 Å². The van der Waals surface area contributed by atoms with Crippen LogP contribution in [0.4, 0.5) is 0 Å². The van der Waals surface area contributed by atoms with Crippen LogP contribution in [0.25, 0.3) is 0 Å². The van der Waals surface area contributed by atoms with Crippen LogP contribution in [-0.2, 0) is 4.79 Å². The lowest BCUT2D eigenvalue weighted by Crippen LogP contribution is -2.34. The molecule has 0 radical (unpaired) electrons. The summed E-state index contributed by atoms with van der Waals surface area (Å²) in [4.78, 5) is 18.5. The molecule has 3 atom stereocenters. The zero-order valence-electron chi connectivity index (χ0n) is 16.3. The molecule has 3 N–H and O–H groups in total. The first kappa shape index (κ1) is 23.8. The van der Waals surface area contributed by atoms with E-state index in [1.165, 1.54) is 0 Å². The lowest BCUT2D eigenvalue weighted by molar-refractivity contribution is -0.127. The van der Waals surface area contributed by atoms with E-state index >= 15 is 0 Å². The number of aliphatic imine (C=N–C) groups is 1. The van der Waals surface area contributed by atoms with Gasteiger partial charge in [-0.1, -0.05) is 59.6 Å². The van der Waals surface area contributed by atoms with E-state index in [0.29, 0.717) is 29.0 Å². The van der Waals surface area contributed by atoms with E-state index in [-0.39, 0.29) is 47.9 Å². The molecule has 1 aliphatic heterocycles. The van der Waals surface area contributed by atoms with E-state index in [1.807, 2.05) is 50.4 Å². The monoisotopic (exact) mass is 546 g/mol. The normalized spacial score (nSPS) is 20.3. The zero-order chi connectivity index (χ0) is 20.3. The van der Waals surface area contributed by atoms with Crippen LogP contribution in [0, 0.1) is 5.92 Å². The van der Waals surface area contributed by atoms with E-state index in [2.05, 4.69) is 10.3 Å². The van der Waals surface area contributed by atoms with Gasteiger partial charge in [-0.05, 0) is 30.2 Å². The molecule has 2 aromatic carbocycles. The molecule has 29 heavy (non-hydrogen) atoms. The van der Waals surface area contributed by atoms with Crippen molar-refractivity contribution in [2.45, 2.75) is 25.4 Å². The lowest BCUT2D eigenvalue weighted by atomic mass is 9.94. The average Bonchev–Trinajstić information content (AvgIpc) is 2.94. The van der Waals surface area contributed by atoms with E-state index in [9.17, 15) is 4.79 Å². The number of amides is 1. The van der Waals surface area contributed by atoms with Gasteiger partial charge < -0.3 is 16.0 Å². The fraction of sp³-hybridized carbons (Fsp3) is 0.333. The van der Waals surface area contributed by atoms with Gasteiger partial charge in [-0.3, -0.25) is 9.79 Å². The van der Waals surface area contributed by atoms with Crippen molar-refractivity contribution in [1.29, 1.82) is 0 Å². The number of rotatable bonds is 5. The van der Waals surface area contributed by atoms with Crippen molar-refractivity contribution in [3.8, 4) is 0 Å². The topological polar surface area (TPSA) is 70.7 Å². The molecular weight excluding hydrogens is 522 g/mol. The lowest BCUT2D eigenvalue weighted by Gasteiger charge is -2.25. The van der Waals surface area contributed by atoms with Gasteiger partial charge in [-0.15, -0.1) is 24.0 Å². The van der Waals surface area contributed by atoms with Crippen LogP contribution in [0.5, 0.6) is 0 Å². The number of nitrogens with one attached hydrogen (secondary N) is 1. The largest absolute Gasteiger partial charge is 0.370 e. The van der Waals surface area contributed by atoms with Crippen LogP contribution in [-0.4, -0.2) is 30.4 Å². The van der Waals surface area contributed by atoms with Gasteiger partial charge in [0.25, 0.3) is 0 Å². The van der Waals surface area contributed by atoms with E-state index < -0.39 is 0 Å². The molecule has 2 aromatic rings. The second-order valence-corrected chi connectivity index (χ2v) is 7.93. The molecular formula is C21H25Cl2IN4O. The van der Waals surface area contributed by atoms with Gasteiger partial charge in [0.15, 0.2) is 5.96 Å². The molecule has 8 heteroatoms. The number of nitrogens with two attached hydrogens (primary N) is 1. The van der Waals surface area contributed by atoms with E-state index in [0.717, 1.165) is 11.1 Å². The first-order chi connectivity index (χ1) is 13.4. The second-order valence-electron chi connectivity index (χ2n) is 7.08. The number of benzene rings is 2. The highest BCUT2D eigenvalue weighted by atomic mass is 127. The predicted molar refractivity (Wildman–Crippen MR) is 130 cm³/mol. The maximum Gasteiger partial charge on any atom is 0.223 e. The summed E-state index contributed by atoms with van der Waals surface area (Å²) in [7, 11) is 1.84. The molecule has 1 heterocycles. The van der Waals surface area contributed by atoms with Gasteiger partial charge in [-0.25, -0.2) is 0 Å². The highest BCUT2D eigenvalue weighted by Crippen LogP contribution is 2.37. The summed E-state index contributed by atoms with van der Waals surface area (Å²) >= 11 is 12.2. The maximum atomic E-state index is 12.2. The third-order valence-corrected chi connectivity index (χ3v) is 5.69. The molecule has 156 valence electrons. The highest BCUT2D eigenvalue weighted by molar-refractivity contribution is 14.0. The van der Waals surface area contributed by atoms with Gasteiger partial charge in [-0.2, -0.15) is 0 Å². The van der Waals surface area contributed by atoms with Crippen molar-refractivity contribution >= 4 is 59.0 Å². The molecule has 3 rings (SSSR count). The molecule has 5 nitrogen and oxygen atoms in total. The minimum atomic E-state index is -0.119. The smallest absolute Gasteiger partial charge is 0.223 e. The Morgan fingerprint density at radius 2 is 1.97 bits per heavy atom. The molecule has 0 bridgehead atoms. The number of guanidine groups is 1. The first-order valence-corrected chi connectivity index (χ1v) is 9.94. The van der Waals surface area contributed by atoms with Gasteiger partial charge >= 0.3 is 0 Å². The number of likely N-dealkylation sites (tertiary alicyclic amines) is 1. The van der Waals surface area contributed by atoms with Crippen LogP contribution in [0.1, 0.15) is 36.6 Å². The van der Waals surface area contributed by atoms with Crippen molar-refractivity contribution < 1.29 is 4.79 Å². The van der Waals surface area contributed by atoms with E-state index in [1.54, 1.807) is 17.0 Å². The molecule has 3 unspecified atom stereocenters. The molecule has 1 saturated heterocycles. The minimum Gasteiger partial charge on any atom is -0.370 e. The fourth-order valence-corrected chi connectivity index (χ4v) is 4.25. The Labute approximate surface area is 198 Å². The molecule has 0 spiro atoms. The van der Waals surface area contributed by atoms with Crippen molar-refractivity contribution in [1.82, 2.24) is 10.2 Å². The first-order valence-electron chi connectivity index (χ1n) is 9.19. The minimum absolute atomic E-state index is 0. The van der Waals surface area contributed by atoms with Gasteiger partial charge in [0, 0.05) is 36.0 Å². The highest BCUT2D eigenvalue weighted by Gasteiger charge is 2.38. The summed E-state index contributed by atoms with van der Waals surface area (Å²) in [6.07, 6.45) is 0.464. The quantitative estimate of drug-likeness (QED) is 0.321. The molecule has 1 aliphatic rings. The predicted octanol–water partition coefficient (Wildman–Crippen LogP) is 4.80. The standard InChI is InChI=1S/C21H24Cl2N4O.HI/c1-13(17-9-8-16(22)11-18(17)23)26-21(24)25-12-15-10-19(28)27(2)20(15)14-6-4-3-5-7-14;/h3-9,11,13,15,20H,10,12H2,1-2H3,(H3,24,25,26);1H. The SMILES string of the molecule is CC(NC(N)=NCC1CC(=O)N(C)C1c1ccccc1)c1ccc(Cl)cc1Cl.I. The number of hydrogen-bond donors (Lipinski definition) is 2. The third kappa shape index (κ3) is 5.77. The Morgan fingerprint density at radius 3 is 2.62 bits per heavy atom. The summed E-state index contributed by atoms with van der Waals surface area (Å²) in [6, 6.07) is 15.3. The summed E-state index contributed by atoms with van der Waals surface area (Å²) in [6.45, 7) is 2.42.